The van der Waals surface area contributed by atoms with Gasteiger partial charge < -0.3 is 10.1 Å². The number of anilines is 1. The first-order valence-corrected chi connectivity index (χ1v) is 7.46. The van der Waals surface area contributed by atoms with E-state index in [9.17, 15) is 0 Å². The van der Waals surface area contributed by atoms with Gasteiger partial charge in [-0.1, -0.05) is 19.8 Å². The topological polar surface area (TPSA) is 47.0 Å². The summed E-state index contributed by atoms with van der Waals surface area (Å²) >= 11 is 0. The molecular formula is C15H25N3O. The lowest BCUT2D eigenvalue weighted by atomic mass is 10.0. The second-order valence-electron chi connectivity index (χ2n) is 5.12. The van der Waals surface area contributed by atoms with Crippen molar-refractivity contribution in [3.05, 3.63) is 17.6 Å². The van der Waals surface area contributed by atoms with Crippen LogP contribution in [-0.2, 0) is 4.74 Å². The highest BCUT2D eigenvalue weighted by atomic mass is 16.5. The molecule has 0 aromatic carbocycles. The summed E-state index contributed by atoms with van der Waals surface area (Å²) in [5, 5.41) is 3.15. The Morgan fingerprint density at radius 2 is 2.05 bits per heavy atom. The Balaban J connectivity index is 2.28. The maximum absolute atomic E-state index is 5.74. The Kier molecular flexibility index (Phi) is 5.14. The molecule has 4 nitrogen and oxygen atoms in total. The molecule has 106 valence electrons. The predicted molar refractivity (Wildman–Crippen MR) is 77.4 cm³/mol. The molecule has 0 bridgehead atoms. The molecule has 1 N–H and O–H groups in total. The van der Waals surface area contributed by atoms with E-state index in [1.54, 1.807) is 0 Å². The molecule has 0 amide bonds. The number of rotatable bonds is 6. The summed E-state index contributed by atoms with van der Waals surface area (Å²) in [4.78, 5) is 9.34. The van der Waals surface area contributed by atoms with Crippen LogP contribution in [0.5, 0.6) is 0 Å². The maximum Gasteiger partial charge on any atom is 0.159 e. The van der Waals surface area contributed by atoms with Crippen molar-refractivity contribution in [3.63, 3.8) is 0 Å². The van der Waals surface area contributed by atoms with Crippen molar-refractivity contribution in [2.45, 2.75) is 58.0 Å². The van der Waals surface area contributed by atoms with Crippen LogP contribution in [-0.4, -0.2) is 23.6 Å². The minimum absolute atomic E-state index is 0.0125. The van der Waals surface area contributed by atoms with Gasteiger partial charge >= 0.3 is 0 Å². The summed E-state index contributed by atoms with van der Waals surface area (Å²) < 4.78 is 5.74. The van der Waals surface area contributed by atoms with Crippen LogP contribution in [0.1, 0.15) is 69.5 Å². The SMILES string of the molecule is CCOC(CC)c1nc(NC)cc(C2CCCC2)n1. The average Bonchev–Trinajstić information content (AvgIpc) is 2.98. The van der Waals surface area contributed by atoms with Gasteiger partial charge in [0.1, 0.15) is 11.9 Å². The zero-order valence-electron chi connectivity index (χ0n) is 12.3. The monoisotopic (exact) mass is 263 g/mol. The van der Waals surface area contributed by atoms with Crippen LogP contribution in [0.25, 0.3) is 0 Å². The first-order chi connectivity index (χ1) is 9.28. The van der Waals surface area contributed by atoms with Gasteiger partial charge in [-0.25, -0.2) is 9.97 Å². The van der Waals surface area contributed by atoms with Crippen LogP contribution in [0.2, 0.25) is 0 Å². The van der Waals surface area contributed by atoms with Crippen LogP contribution in [0.4, 0.5) is 5.82 Å². The number of nitrogens with zero attached hydrogens (tertiary/aromatic N) is 2. The fraction of sp³-hybridized carbons (Fsp3) is 0.733. The molecule has 1 fully saturated rings. The third-order valence-electron chi connectivity index (χ3n) is 3.82. The van der Waals surface area contributed by atoms with Gasteiger partial charge in [-0.3, -0.25) is 0 Å². The van der Waals surface area contributed by atoms with Crippen LogP contribution < -0.4 is 5.32 Å². The van der Waals surface area contributed by atoms with Crippen LogP contribution in [0, 0.1) is 0 Å². The molecule has 1 unspecified atom stereocenters. The highest BCUT2D eigenvalue weighted by Gasteiger charge is 2.22. The van der Waals surface area contributed by atoms with Gasteiger partial charge in [0, 0.05) is 31.3 Å². The van der Waals surface area contributed by atoms with Crippen molar-refractivity contribution < 1.29 is 4.74 Å². The van der Waals surface area contributed by atoms with Crippen molar-refractivity contribution in [3.8, 4) is 0 Å². The molecule has 1 heterocycles. The Morgan fingerprint density at radius 1 is 1.32 bits per heavy atom. The summed E-state index contributed by atoms with van der Waals surface area (Å²) in [5.74, 6) is 2.34. The van der Waals surface area contributed by atoms with E-state index >= 15 is 0 Å². The van der Waals surface area contributed by atoms with Crippen molar-refractivity contribution >= 4 is 5.82 Å². The molecule has 2 rings (SSSR count). The predicted octanol–water partition coefficient (Wildman–Crippen LogP) is 3.66. The third kappa shape index (κ3) is 3.44. The fourth-order valence-corrected chi connectivity index (χ4v) is 2.76. The average molecular weight is 263 g/mol. The largest absolute Gasteiger partial charge is 0.373 e. The van der Waals surface area contributed by atoms with E-state index in [-0.39, 0.29) is 6.10 Å². The van der Waals surface area contributed by atoms with E-state index < -0.39 is 0 Å². The molecule has 19 heavy (non-hydrogen) atoms. The first kappa shape index (κ1) is 14.3. The molecule has 4 heteroatoms. The van der Waals surface area contributed by atoms with Gasteiger partial charge in [-0.2, -0.15) is 0 Å². The van der Waals surface area contributed by atoms with Gasteiger partial charge in [0.2, 0.25) is 0 Å². The number of nitrogens with one attached hydrogen (secondary N) is 1. The van der Waals surface area contributed by atoms with Crippen molar-refractivity contribution in [2.24, 2.45) is 0 Å². The summed E-state index contributed by atoms with van der Waals surface area (Å²) in [6, 6.07) is 2.10. The molecule has 1 aromatic rings. The summed E-state index contributed by atoms with van der Waals surface area (Å²) in [6.45, 7) is 4.83. The molecule has 1 aliphatic carbocycles. The van der Waals surface area contributed by atoms with Gasteiger partial charge in [-0.05, 0) is 26.2 Å². The van der Waals surface area contributed by atoms with E-state index in [1.165, 1.54) is 31.4 Å². The number of hydrogen-bond acceptors (Lipinski definition) is 4. The van der Waals surface area contributed by atoms with Crippen LogP contribution in [0.3, 0.4) is 0 Å². The van der Waals surface area contributed by atoms with Crippen molar-refractivity contribution in [1.82, 2.24) is 9.97 Å². The second kappa shape index (κ2) is 6.85. The van der Waals surface area contributed by atoms with E-state index in [0.717, 1.165) is 18.1 Å². The number of aromatic nitrogens is 2. The van der Waals surface area contributed by atoms with E-state index in [0.29, 0.717) is 12.5 Å². The molecule has 1 aliphatic rings. The molecule has 1 saturated carbocycles. The number of hydrogen-bond donors (Lipinski definition) is 1. The van der Waals surface area contributed by atoms with E-state index in [4.69, 9.17) is 9.72 Å². The summed E-state index contributed by atoms with van der Waals surface area (Å²) in [6.07, 6.45) is 6.07. The van der Waals surface area contributed by atoms with E-state index in [1.807, 2.05) is 14.0 Å². The lowest BCUT2D eigenvalue weighted by Crippen LogP contribution is -2.12. The standard InChI is InChI=1S/C15H25N3O/c1-4-13(19-5-2)15-17-12(10-14(16-3)18-15)11-8-6-7-9-11/h10-11,13H,4-9H2,1-3H3,(H,16,17,18). The molecule has 0 radical (unpaired) electrons. The second-order valence-corrected chi connectivity index (χ2v) is 5.12. The zero-order chi connectivity index (χ0) is 13.7. The van der Waals surface area contributed by atoms with Gasteiger partial charge in [-0.15, -0.1) is 0 Å². The van der Waals surface area contributed by atoms with Crippen LogP contribution in [0.15, 0.2) is 6.07 Å². The zero-order valence-corrected chi connectivity index (χ0v) is 12.3. The molecule has 0 saturated heterocycles. The fourth-order valence-electron chi connectivity index (χ4n) is 2.76. The molecular weight excluding hydrogens is 238 g/mol. The summed E-state index contributed by atoms with van der Waals surface area (Å²) in [5.41, 5.74) is 1.19. The van der Waals surface area contributed by atoms with Gasteiger partial charge in [0.15, 0.2) is 5.82 Å². The first-order valence-electron chi connectivity index (χ1n) is 7.46. The Bertz CT molecular complexity index is 402. The molecule has 0 aliphatic heterocycles. The minimum Gasteiger partial charge on any atom is -0.373 e. The van der Waals surface area contributed by atoms with E-state index in [2.05, 4.69) is 23.3 Å². The molecule has 1 aromatic heterocycles. The van der Waals surface area contributed by atoms with Crippen molar-refractivity contribution in [1.29, 1.82) is 0 Å². The highest BCUT2D eigenvalue weighted by Crippen LogP contribution is 2.34. The third-order valence-corrected chi connectivity index (χ3v) is 3.82. The smallest absolute Gasteiger partial charge is 0.159 e. The number of ether oxygens (including phenoxy) is 1. The Labute approximate surface area is 116 Å². The maximum atomic E-state index is 5.74. The van der Waals surface area contributed by atoms with Gasteiger partial charge in [0.05, 0.1) is 0 Å². The minimum atomic E-state index is 0.0125. The highest BCUT2D eigenvalue weighted by molar-refractivity contribution is 5.36. The lowest BCUT2D eigenvalue weighted by Gasteiger charge is -2.17. The Hall–Kier alpha value is -1.16. The normalized spacial score (nSPS) is 17.6. The van der Waals surface area contributed by atoms with Gasteiger partial charge in [0.25, 0.3) is 0 Å². The quantitative estimate of drug-likeness (QED) is 0.850. The van der Waals surface area contributed by atoms with Crippen molar-refractivity contribution in [2.75, 3.05) is 19.0 Å². The molecule has 0 spiro atoms. The Morgan fingerprint density at radius 3 is 2.63 bits per heavy atom. The molecule has 1 atom stereocenters. The van der Waals surface area contributed by atoms with Crippen LogP contribution >= 0.6 is 0 Å². The summed E-state index contributed by atoms with van der Waals surface area (Å²) in [7, 11) is 1.91. The lowest BCUT2D eigenvalue weighted by molar-refractivity contribution is 0.0533.